The van der Waals surface area contributed by atoms with Gasteiger partial charge in [0.25, 0.3) is 11.8 Å². The van der Waals surface area contributed by atoms with E-state index in [1.165, 1.54) is 20.2 Å². The molecule has 2 rings (SSSR count). The molecule has 1 heterocycles. The van der Waals surface area contributed by atoms with Crippen LogP contribution in [0.4, 0.5) is 5.82 Å². The lowest BCUT2D eigenvalue weighted by molar-refractivity contribution is -0.142. The maximum atomic E-state index is 12.4. The lowest BCUT2D eigenvalue weighted by Gasteiger charge is -2.04. The van der Waals surface area contributed by atoms with Gasteiger partial charge in [-0.3, -0.25) is 9.59 Å². The third-order valence-electron chi connectivity index (χ3n) is 3.51. The molecule has 2 amide bonds. The smallest absolute Gasteiger partial charge is 0.376 e. The number of carbonyl (C=O) groups excluding carboxylic acids is 3. The number of primary amides is 1. The molecule has 0 saturated carbocycles. The summed E-state index contributed by atoms with van der Waals surface area (Å²) in [6.07, 6.45) is 2.44. The van der Waals surface area contributed by atoms with Gasteiger partial charge in [0.1, 0.15) is 5.75 Å². The lowest BCUT2D eigenvalue weighted by atomic mass is 10.2. The van der Waals surface area contributed by atoms with Crippen molar-refractivity contribution in [2.75, 3.05) is 13.7 Å². The number of carbonyl (C=O) groups is 3. The van der Waals surface area contributed by atoms with Gasteiger partial charge in [-0.05, 0) is 36.8 Å². The molecule has 0 spiro atoms. The van der Waals surface area contributed by atoms with Crippen LogP contribution >= 0.6 is 0 Å². The van der Waals surface area contributed by atoms with E-state index in [-0.39, 0.29) is 18.1 Å². The van der Waals surface area contributed by atoms with Crippen LogP contribution in [0.1, 0.15) is 23.0 Å². The van der Waals surface area contributed by atoms with Crippen LogP contribution in [0.25, 0.3) is 0 Å². The molecule has 13 nitrogen and oxygen atoms in total. The highest BCUT2D eigenvalue weighted by Gasteiger charge is 2.22. The molecule has 0 saturated heterocycles. The van der Waals surface area contributed by atoms with E-state index in [1.807, 2.05) is 0 Å². The number of ether oxygens (including phenoxy) is 2. The summed E-state index contributed by atoms with van der Waals surface area (Å²) in [6.45, 7) is 1.45. The number of rotatable bonds is 9. The third-order valence-corrected chi connectivity index (χ3v) is 3.51. The van der Waals surface area contributed by atoms with E-state index in [2.05, 4.69) is 35.5 Å². The van der Waals surface area contributed by atoms with Gasteiger partial charge in [-0.25, -0.2) is 15.2 Å². The maximum absolute atomic E-state index is 12.4. The normalized spacial score (nSPS) is 11.9. The number of aliphatic hydroxyl groups excluding tert-OH is 1. The van der Waals surface area contributed by atoms with E-state index >= 15 is 0 Å². The number of nitrogens with two attached hydrogens (primary N) is 1. The predicted octanol–water partition coefficient (Wildman–Crippen LogP) is 1.08. The number of imidazole rings is 1. The Bertz CT molecular complexity index is 1040. The van der Waals surface area contributed by atoms with E-state index in [4.69, 9.17) is 10.5 Å². The van der Waals surface area contributed by atoms with Crippen molar-refractivity contribution in [3.8, 4) is 5.75 Å². The van der Waals surface area contributed by atoms with Gasteiger partial charge in [0, 0.05) is 0 Å². The first-order valence-corrected chi connectivity index (χ1v) is 8.70. The van der Waals surface area contributed by atoms with Crippen molar-refractivity contribution in [1.82, 2.24) is 15.4 Å². The van der Waals surface area contributed by atoms with E-state index in [0.717, 1.165) is 6.33 Å². The van der Waals surface area contributed by atoms with Gasteiger partial charge < -0.3 is 25.3 Å². The molecule has 0 atom stereocenters. The molecule has 0 aliphatic carbocycles. The molecule has 13 heteroatoms. The molecule has 2 aromatic rings. The number of aromatic nitrogens is 2. The molecule has 0 unspecified atom stereocenters. The second-order valence-corrected chi connectivity index (χ2v) is 5.56. The highest BCUT2D eigenvalue weighted by molar-refractivity contribution is 6.01. The minimum atomic E-state index is -1.21. The minimum Gasteiger partial charge on any atom is -0.500 e. The molecule has 0 aliphatic heterocycles. The first kappa shape index (κ1) is 22.7. The first-order valence-electron chi connectivity index (χ1n) is 8.70. The average molecular weight is 429 g/mol. The Hall–Kier alpha value is -4.55. The standard InChI is InChI=1S/C18H19N7O6/c1-3-31-18(29)14(26)12(23-24-16-13(15(19)27)20-9-21-16)17(28)25-22-8-10-4-6-11(30-2)7-5-10/h4-9,26H,3H2,1-2H3,(H2,19,27)(H,20,21)(H,25,28)/b14-12+,22-8-,24-23?. The topological polar surface area (TPSA) is 194 Å². The Morgan fingerprint density at radius 2 is 2.00 bits per heavy atom. The van der Waals surface area contributed by atoms with Crippen molar-refractivity contribution in [2.24, 2.45) is 21.1 Å². The number of esters is 1. The summed E-state index contributed by atoms with van der Waals surface area (Å²) in [4.78, 5) is 41.7. The zero-order chi connectivity index (χ0) is 22.8. The number of nitrogens with one attached hydrogen (secondary N) is 2. The summed E-state index contributed by atoms with van der Waals surface area (Å²) >= 11 is 0. The van der Waals surface area contributed by atoms with Crippen LogP contribution in [0, 0.1) is 0 Å². The number of azo groups is 1. The molecule has 0 radical (unpaired) electrons. The maximum Gasteiger partial charge on any atom is 0.376 e. The Morgan fingerprint density at radius 1 is 1.29 bits per heavy atom. The highest BCUT2D eigenvalue weighted by Crippen LogP contribution is 2.16. The molecule has 0 aliphatic rings. The van der Waals surface area contributed by atoms with Gasteiger partial charge in [-0.15, -0.1) is 10.2 Å². The van der Waals surface area contributed by atoms with E-state index in [9.17, 15) is 19.5 Å². The number of aromatic amines is 1. The number of H-pyrrole nitrogens is 1. The summed E-state index contributed by atoms with van der Waals surface area (Å²) in [5.41, 5.74) is 6.89. The van der Waals surface area contributed by atoms with Crippen LogP contribution in [-0.2, 0) is 14.3 Å². The quantitative estimate of drug-likeness (QED) is 0.114. The highest BCUT2D eigenvalue weighted by atomic mass is 16.5. The number of methoxy groups -OCH3 is 1. The molecular formula is C18H19N7O6. The Kier molecular flexibility index (Phi) is 7.96. The van der Waals surface area contributed by atoms with Crippen LogP contribution in [-0.4, -0.2) is 52.8 Å². The van der Waals surface area contributed by atoms with Crippen LogP contribution < -0.4 is 15.9 Å². The van der Waals surface area contributed by atoms with E-state index in [1.54, 1.807) is 24.3 Å². The zero-order valence-electron chi connectivity index (χ0n) is 16.5. The third kappa shape index (κ3) is 6.22. The number of hydrazone groups is 1. The van der Waals surface area contributed by atoms with Crippen LogP contribution in [0.3, 0.4) is 0 Å². The van der Waals surface area contributed by atoms with Gasteiger partial charge in [0.05, 0.1) is 26.3 Å². The molecule has 1 aromatic heterocycles. The Balaban J connectivity index is 2.25. The summed E-state index contributed by atoms with van der Waals surface area (Å²) in [7, 11) is 1.52. The molecular weight excluding hydrogens is 410 g/mol. The summed E-state index contributed by atoms with van der Waals surface area (Å²) in [6, 6.07) is 6.75. The number of nitrogens with zero attached hydrogens (tertiary/aromatic N) is 4. The second-order valence-electron chi connectivity index (χ2n) is 5.56. The molecule has 162 valence electrons. The second kappa shape index (κ2) is 10.8. The molecule has 5 N–H and O–H groups in total. The number of amides is 2. The van der Waals surface area contributed by atoms with Gasteiger partial charge in [0.2, 0.25) is 17.3 Å². The average Bonchev–Trinajstić information content (AvgIpc) is 3.23. The molecule has 1 aromatic carbocycles. The zero-order valence-corrected chi connectivity index (χ0v) is 16.5. The van der Waals surface area contributed by atoms with Crippen molar-refractivity contribution in [3.63, 3.8) is 0 Å². The van der Waals surface area contributed by atoms with Crippen molar-refractivity contribution in [1.29, 1.82) is 0 Å². The van der Waals surface area contributed by atoms with Crippen molar-refractivity contribution in [2.45, 2.75) is 6.92 Å². The fourth-order valence-corrected chi connectivity index (χ4v) is 2.05. The van der Waals surface area contributed by atoms with Crippen LogP contribution in [0.15, 0.2) is 57.4 Å². The molecule has 0 fully saturated rings. The van der Waals surface area contributed by atoms with Crippen LogP contribution in [0.2, 0.25) is 0 Å². The monoisotopic (exact) mass is 429 g/mol. The lowest BCUT2D eigenvalue weighted by Crippen LogP contribution is -2.22. The van der Waals surface area contributed by atoms with Gasteiger partial charge in [-0.1, -0.05) is 0 Å². The van der Waals surface area contributed by atoms with Gasteiger partial charge in [0.15, 0.2) is 5.69 Å². The van der Waals surface area contributed by atoms with Crippen molar-refractivity contribution < 1.29 is 29.0 Å². The van der Waals surface area contributed by atoms with Gasteiger partial charge >= 0.3 is 5.97 Å². The van der Waals surface area contributed by atoms with Crippen LogP contribution in [0.5, 0.6) is 5.75 Å². The van der Waals surface area contributed by atoms with Gasteiger partial charge in [-0.2, -0.15) is 5.10 Å². The first-order chi connectivity index (χ1) is 14.9. The van der Waals surface area contributed by atoms with E-state index < -0.39 is 29.2 Å². The summed E-state index contributed by atoms with van der Waals surface area (Å²) < 4.78 is 9.70. The Morgan fingerprint density at radius 3 is 2.61 bits per heavy atom. The SMILES string of the molecule is CCOC(=O)/C(O)=C(\N=Nc1nc[nH]c1C(N)=O)C(=O)N/N=C\c1ccc(OC)cc1. The summed E-state index contributed by atoms with van der Waals surface area (Å²) in [5, 5.41) is 20.9. The summed E-state index contributed by atoms with van der Waals surface area (Å²) in [5.74, 6) is -3.88. The Labute approximate surface area is 175 Å². The number of hydrogen-bond donors (Lipinski definition) is 4. The number of benzene rings is 1. The molecule has 0 bridgehead atoms. The van der Waals surface area contributed by atoms with Crippen molar-refractivity contribution in [3.05, 3.63) is 53.3 Å². The fourth-order valence-electron chi connectivity index (χ4n) is 2.05. The predicted molar refractivity (Wildman–Crippen MR) is 107 cm³/mol. The fraction of sp³-hybridized carbons (Fsp3) is 0.167. The van der Waals surface area contributed by atoms with E-state index in [0.29, 0.717) is 11.3 Å². The minimum absolute atomic E-state index is 0.0598. The largest absolute Gasteiger partial charge is 0.500 e. The number of hydrogen-bond acceptors (Lipinski definition) is 10. The number of aliphatic hydroxyl groups is 1. The molecule has 31 heavy (non-hydrogen) atoms. The van der Waals surface area contributed by atoms with Crippen molar-refractivity contribution >= 4 is 29.8 Å².